The van der Waals surface area contributed by atoms with E-state index in [1.807, 2.05) is 49.0 Å². The molecule has 0 radical (unpaired) electrons. The minimum absolute atomic E-state index is 0.0145. The first-order valence-corrected chi connectivity index (χ1v) is 19.2. The van der Waals surface area contributed by atoms with E-state index in [9.17, 15) is 8.42 Å². The molecule has 0 amide bonds. The fraction of sp³-hybridized carbons (Fsp3) is 0.514. The minimum Gasteiger partial charge on any atom is -0.497 e. The number of piperidine rings is 1. The predicted molar refractivity (Wildman–Crippen MR) is 191 cm³/mol. The number of hydrogen-bond donors (Lipinski definition) is 0. The molecule has 2 heterocycles. The van der Waals surface area contributed by atoms with Gasteiger partial charge in [-0.3, -0.25) is 0 Å². The van der Waals surface area contributed by atoms with Gasteiger partial charge in [0.05, 0.1) is 36.9 Å². The molecule has 10 heteroatoms. The number of fused-ring (bicyclic) bond motifs is 1. The van der Waals surface area contributed by atoms with Crippen molar-refractivity contribution < 1.29 is 27.4 Å². The van der Waals surface area contributed by atoms with Crippen molar-refractivity contribution in [2.75, 3.05) is 57.7 Å². The number of ether oxygens (including phenoxy) is 4. The van der Waals surface area contributed by atoms with E-state index in [0.29, 0.717) is 36.4 Å². The molecule has 0 unspecified atom stereocenters. The Balaban J connectivity index is 1.45. The molecule has 5 rings (SSSR count). The molecule has 0 aromatic heterocycles. The second-order valence-electron chi connectivity index (χ2n) is 12.5. The van der Waals surface area contributed by atoms with Gasteiger partial charge in [-0.1, -0.05) is 49.7 Å². The second kappa shape index (κ2) is 16.6. The van der Waals surface area contributed by atoms with Crippen molar-refractivity contribution in [1.82, 2.24) is 4.31 Å². The maximum Gasteiger partial charge on any atom is 0.243 e. The van der Waals surface area contributed by atoms with Gasteiger partial charge in [0.15, 0.2) is 0 Å². The van der Waals surface area contributed by atoms with Crippen LogP contribution >= 0.6 is 11.8 Å². The summed E-state index contributed by atoms with van der Waals surface area (Å²) in [6.45, 7) is 10.0. The third-order valence-electron chi connectivity index (χ3n) is 9.19. The molecule has 3 aromatic carbocycles. The first-order valence-electron chi connectivity index (χ1n) is 16.7. The fourth-order valence-corrected chi connectivity index (χ4v) is 9.31. The molecular formula is C37H50N2O6S2. The van der Waals surface area contributed by atoms with Crippen molar-refractivity contribution in [3.8, 4) is 11.5 Å². The van der Waals surface area contributed by atoms with Crippen molar-refractivity contribution in [2.45, 2.75) is 74.8 Å². The van der Waals surface area contributed by atoms with Crippen LogP contribution in [0.25, 0.3) is 0 Å². The summed E-state index contributed by atoms with van der Waals surface area (Å²) in [6.07, 6.45) is 2.03. The third-order valence-corrected chi connectivity index (χ3v) is 12.2. The molecule has 8 nitrogen and oxygen atoms in total. The lowest BCUT2D eigenvalue weighted by Gasteiger charge is -2.44. The van der Waals surface area contributed by atoms with Gasteiger partial charge < -0.3 is 23.8 Å². The molecule has 0 spiro atoms. The van der Waals surface area contributed by atoms with E-state index in [1.54, 1.807) is 30.7 Å². The lowest BCUT2D eigenvalue weighted by atomic mass is 9.83. The Bertz CT molecular complexity index is 1530. The van der Waals surface area contributed by atoms with Gasteiger partial charge >= 0.3 is 0 Å². The van der Waals surface area contributed by atoms with Gasteiger partial charge in [0.1, 0.15) is 18.1 Å². The van der Waals surface area contributed by atoms with Crippen LogP contribution in [0.5, 0.6) is 11.5 Å². The number of aryl methyl sites for hydroxylation is 1. The number of methoxy groups -OCH3 is 2. The van der Waals surface area contributed by atoms with Crippen LogP contribution in [0.3, 0.4) is 0 Å². The van der Waals surface area contributed by atoms with E-state index in [2.05, 4.69) is 43.0 Å². The molecule has 1 fully saturated rings. The number of anilines is 1. The fourth-order valence-electron chi connectivity index (χ4n) is 6.72. The third kappa shape index (κ3) is 8.83. The highest BCUT2D eigenvalue weighted by atomic mass is 32.2. The Hall–Kier alpha value is -2.76. The van der Waals surface area contributed by atoms with Crippen molar-refractivity contribution in [1.29, 1.82) is 0 Å². The van der Waals surface area contributed by atoms with Crippen LogP contribution in [0.1, 0.15) is 55.7 Å². The molecule has 0 bridgehead atoms. The Morgan fingerprint density at radius 2 is 1.81 bits per heavy atom. The average molecular weight is 683 g/mol. The summed E-state index contributed by atoms with van der Waals surface area (Å²) in [6, 6.07) is 21.4. The topological polar surface area (TPSA) is 77.5 Å². The van der Waals surface area contributed by atoms with E-state index < -0.39 is 10.0 Å². The van der Waals surface area contributed by atoms with Gasteiger partial charge in [-0.15, -0.1) is 0 Å². The van der Waals surface area contributed by atoms with Crippen molar-refractivity contribution in [3.63, 3.8) is 0 Å². The van der Waals surface area contributed by atoms with Gasteiger partial charge in [0.25, 0.3) is 0 Å². The summed E-state index contributed by atoms with van der Waals surface area (Å²) < 4.78 is 53.8. The summed E-state index contributed by atoms with van der Waals surface area (Å²) in [5, 5.41) is 0.319. The van der Waals surface area contributed by atoms with Crippen molar-refractivity contribution in [2.24, 2.45) is 0 Å². The van der Waals surface area contributed by atoms with Crippen molar-refractivity contribution >= 4 is 27.5 Å². The number of thioether (sulfide) groups is 1. The normalized spacial score (nSPS) is 20.8. The molecule has 1 saturated heterocycles. The quantitative estimate of drug-likeness (QED) is 0.160. The lowest BCUT2D eigenvalue weighted by Crippen LogP contribution is -2.53. The molecule has 3 aromatic rings. The zero-order valence-electron chi connectivity index (χ0n) is 28.4. The Morgan fingerprint density at radius 1 is 1.04 bits per heavy atom. The van der Waals surface area contributed by atoms with Crippen LogP contribution in [0.4, 0.5) is 5.69 Å². The number of hydrogen-bond acceptors (Lipinski definition) is 8. The molecule has 256 valence electrons. The lowest BCUT2D eigenvalue weighted by molar-refractivity contribution is -0.0207. The van der Waals surface area contributed by atoms with Crippen LogP contribution in [-0.2, 0) is 26.1 Å². The number of sulfonamides is 1. The van der Waals surface area contributed by atoms with Gasteiger partial charge in [0.2, 0.25) is 10.0 Å². The summed E-state index contributed by atoms with van der Waals surface area (Å²) >= 11 is 1.87. The second-order valence-corrected chi connectivity index (χ2v) is 16.1. The molecule has 0 aliphatic carbocycles. The Morgan fingerprint density at radius 3 is 2.51 bits per heavy atom. The van der Waals surface area contributed by atoms with Gasteiger partial charge in [0, 0.05) is 44.0 Å². The number of rotatable bonds is 15. The van der Waals surface area contributed by atoms with Crippen molar-refractivity contribution in [3.05, 3.63) is 83.4 Å². The average Bonchev–Trinajstić information content (AvgIpc) is 3.08. The predicted octanol–water partition coefficient (Wildman–Crippen LogP) is 6.90. The van der Waals surface area contributed by atoms with Gasteiger partial charge in [-0.05, 0) is 79.5 Å². The Labute approximate surface area is 285 Å². The largest absolute Gasteiger partial charge is 0.497 e. The van der Waals surface area contributed by atoms with Crippen LogP contribution in [0.2, 0.25) is 0 Å². The van der Waals surface area contributed by atoms with Crippen LogP contribution in [0, 0.1) is 6.92 Å². The molecule has 4 atom stereocenters. The van der Waals surface area contributed by atoms with Crippen LogP contribution in [0.15, 0.2) is 71.6 Å². The SMILES string of the molecule is CCS[C@H](C)C[C@H]1C[C@H](c2ccc(OC)cc2)[C@@H](OCc2ccc3c(c2)N(CCCOC)CCO3)CN1S(=O)(=O)c1ccc(C)cc1. The summed E-state index contributed by atoms with van der Waals surface area (Å²) in [5.41, 5.74) is 4.25. The minimum atomic E-state index is -3.76. The van der Waals surface area contributed by atoms with E-state index in [-0.39, 0.29) is 24.6 Å². The molecule has 0 N–H and O–H groups in total. The maximum atomic E-state index is 14.3. The molecule has 2 aliphatic heterocycles. The van der Waals surface area contributed by atoms with E-state index in [0.717, 1.165) is 65.6 Å². The zero-order chi connectivity index (χ0) is 33.4. The summed E-state index contributed by atoms with van der Waals surface area (Å²) in [7, 11) is -0.364. The smallest absolute Gasteiger partial charge is 0.243 e. The number of nitrogens with zero attached hydrogens (tertiary/aromatic N) is 2. The van der Waals surface area contributed by atoms with E-state index >= 15 is 0 Å². The number of benzene rings is 3. The molecule has 2 aliphatic rings. The highest BCUT2D eigenvalue weighted by Crippen LogP contribution is 2.40. The first kappa shape index (κ1) is 35.5. The first-order chi connectivity index (χ1) is 22.7. The monoisotopic (exact) mass is 682 g/mol. The zero-order valence-corrected chi connectivity index (χ0v) is 30.0. The van der Waals surface area contributed by atoms with Gasteiger partial charge in [-0.25, -0.2) is 8.42 Å². The molecule has 0 saturated carbocycles. The molecule has 47 heavy (non-hydrogen) atoms. The standard InChI is InChI=1S/C37H50N2O6S2/c1-6-46-28(3)22-31-24-34(30-11-13-32(43-5)14-12-30)37(25-39(31)47(40,41)33-15-8-27(2)9-16-33)45-26-29-10-17-36-35(23-29)38(19-21-44-36)18-7-20-42-4/h8-17,23,28,31,34,37H,6-7,18-22,24-26H2,1-5H3/t28-,31+,34-,37+/m1/s1. The van der Waals surface area contributed by atoms with Gasteiger partial charge in [-0.2, -0.15) is 16.1 Å². The van der Waals surface area contributed by atoms with E-state index in [4.69, 9.17) is 18.9 Å². The van der Waals surface area contributed by atoms with Crippen LogP contribution < -0.4 is 14.4 Å². The van der Waals surface area contributed by atoms with E-state index in [1.165, 1.54) is 0 Å². The molecular weight excluding hydrogens is 633 g/mol. The Kier molecular flexibility index (Phi) is 12.5. The van der Waals surface area contributed by atoms with Crippen LogP contribution in [-0.4, -0.2) is 82.9 Å². The maximum absolute atomic E-state index is 14.3. The highest BCUT2D eigenvalue weighted by molar-refractivity contribution is 7.99. The highest BCUT2D eigenvalue weighted by Gasteiger charge is 2.43. The summed E-state index contributed by atoms with van der Waals surface area (Å²) in [5.74, 6) is 2.67. The summed E-state index contributed by atoms with van der Waals surface area (Å²) in [4.78, 5) is 2.67.